The molecule has 0 aromatic carbocycles. The first kappa shape index (κ1) is 15.7. The molecule has 1 N–H and O–H groups in total. The largest absolute Gasteiger partial charge is 0.395 e. The monoisotopic (exact) mass is 296 g/mol. The van der Waals surface area contributed by atoms with Gasteiger partial charge in [0.2, 0.25) is 0 Å². The minimum absolute atomic E-state index is 0.220. The molecule has 0 amide bonds. The standard InChI is InChI=1S/C17H32N2O2/c20-13-12-18-8-4-9-19(11-10-18)16-5-14-21-17(15-16)6-2-1-3-7-17/h16,20H,1-15H2. The van der Waals surface area contributed by atoms with Gasteiger partial charge >= 0.3 is 0 Å². The highest BCUT2D eigenvalue weighted by Crippen LogP contribution is 2.39. The summed E-state index contributed by atoms with van der Waals surface area (Å²) in [5, 5.41) is 9.12. The van der Waals surface area contributed by atoms with E-state index in [0.717, 1.165) is 32.3 Å². The first-order valence-electron chi connectivity index (χ1n) is 9.03. The van der Waals surface area contributed by atoms with Crippen LogP contribution in [0, 0.1) is 0 Å². The van der Waals surface area contributed by atoms with Crippen LogP contribution in [0.1, 0.15) is 51.4 Å². The van der Waals surface area contributed by atoms with Gasteiger partial charge in [0.1, 0.15) is 0 Å². The lowest BCUT2D eigenvalue weighted by Gasteiger charge is -2.46. The summed E-state index contributed by atoms with van der Waals surface area (Å²) in [5.41, 5.74) is 0.220. The Morgan fingerprint density at radius 3 is 2.67 bits per heavy atom. The van der Waals surface area contributed by atoms with Gasteiger partial charge in [-0.05, 0) is 45.2 Å². The SMILES string of the molecule is OCCN1CCCN(C2CCOC3(CCCCC3)C2)CC1. The van der Waals surface area contributed by atoms with Crippen molar-refractivity contribution < 1.29 is 9.84 Å². The van der Waals surface area contributed by atoms with Gasteiger partial charge in [0.25, 0.3) is 0 Å². The predicted molar refractivity (Wildman–Crippen MR) is 84.5 cm³/mol. The number of hydrogen-bond acceptors (Lipinski definition) is 4. The number of β-amino-alcohol motifs (C(OH)–C–C–N with tert-alkyl or cyclic N) is 1. The molecule has 21 heavy (non-hydrogen) atoms. The Kier molecular flexibility index (Phi) is 5.54. The molecule has 3 aliphatic rings. The molecule has 1 spiro atoms. The number of ether oxygens (including phenoxy) is 1. The zero-order chi connectivity index (χ0) is 14.5. The third-order valence-corrected chi connectivity index (χ3v) is 5.79. The maximum atomic E-state index is 9.12. The molecular formula is C17H32N2O2. The first-order chi connectivity index (χ1) is 10.3. The number of hydrogen-bond donors (Lipinski definition) is 1. The van der Waals surface area contributed by atoms with Crippen LogP contribution >= 0.6 is 0 Å². The van der Waals surface area contributed by atoms with E-state index in [0.29, 0.717) is 6.61 Å². The van der Waals surface area contributed by atoms with E-state index in [2.05, 4.69) is 9.80 Å². The third kappa shape index (κ3) is 3.98. The lowest BCUT2D eigenvalue weighted by Crippen LogP contribution is -2.50. The molecule has 4 heteroatoms. The molecule has 4 nitrogen and oxygen atoms in total. The zero-order valence-corrected chi connectivity index (χ0v) is 13.4. The topological polar surface area (TPSA) is 35.9 Å². The van der Waals surface area contributed by atoms with Crippen molar-refractivity contribution in [1.29, 1.82) is 0 Å². The van der Waals surface area contributed by atoms with Gasteiger partial charge in [-0.1, -0.05) is 19.3 Å². The van der Waals surface area contributed by atoms with Crippen molar-refractivity contribution in [2.45, 2.75) is 63.0 Å². The number of aliphatic hydroxyl groups excluding tert-OH is 1. The average Bonchev–Trinajstić information content (AvgIpc) is 2.74. The van der Waals surface area contributed by atoms with Crippen molar-refractivity contribution >= 4 is 0 Å². The van der Waals surface area contributed by atoms with Gasteiger partial charge in [-0.25, -0.2) is 0 Å². The molecule has 2 saturated heterocycles. The summed E-state index contributed by atoms with van der Waals surface area (Å²) in [6.07, 6.45) is 10.4. The van der Waals surface area contributed by atoms with Crippen LogP contribution in [0.3, 0.4) is 0 Å². The minimum Gasteiger partial charge on any atom is -0.395 e. The van der Waals surface area contributed by atoms with Crippen LogP contribution in [0.4, 0.5) is 0 Å². The van der Waals surface area contributed by atoms with Crippen molar-refractivity contribution in [1.82, 2.24) is 9.80 Å². The number of aliphatic hydroxyl groups is 1. The van der Waals surface area contributed by atoms with Crippen molar-refractivity contribution in [3.8, 4) is 0 Å². The first-order valence-corrected chi connectivity index (χ1v) is 9.03. The molecular weight excluding hydrogens is 264 g/mol. The van der Waals surface area contributed by atoms with Crippen LogP contribution in [0.25, 0.3) is 0 Å². The highest BCUT2D eigenvalue weighted by molar-refractivity contribution is 4.93. The van der Waals surface area contributed by atoms with Crippen molar-refractivity contribution in [3.63, 3.8) is 0 Å². The summed E-state index contributed by atoms with van der Waals surface area (Å²) < 4.78 is 6.25. The molecule has 1 unspecified atom stereocenters. The van der Waals surface area contributed by atoms with Gasteiger partial charge in [0.15, 0.2) is 0 Å². The Morgan fingerprint density at radius 1 is 1.00 bits per heavy atom. The fourth-order valence-corrected chi connectivity index (χ4v) is 4.58. The second kappa shape index (κ2) is 7.40. The zero-order valence-electron chi connectivity index (χ0n) is 13.4. The van der Waals surface area contributed by atoms with Gasteiger partial charge < -0.3 is 9.84 Å². The Labute approximate surface area is 129 Å². The Hall–Kier alpha value is -0.160. The van der Waals surface area contributed by atoms with Gasteiger partial charge in [-0.2, -0.15) is 0 Å². The van der Waals surface area contributed by atoms with Crippen LogP contribution in [-0.2, 0) is 4.74 Å². The molecule has 0 radical (unpaired) electrons. The maximum absolute atomic E-state index is 9.12. The quantitative estimate of drug-likeness (QED) is 0.862. The predicted octanol–water partition coefficient (Wildman–Crippen LogP) is 1.87. The molecule has 122 valence electrons. The lowest BCUT2D eigenvalue weighted by atomic mass is 9.78. The molecule has 0 aromatic rings. The van der Waals surface area contributed by atoms with Crippen LogP contribution in [0.5, 0.6) is 0 Å². The van der Waals surface area contributed by atoms with Crippen molar-refractivity contribution in [3.05, 3.63) is 0 Å². The van der Waals surface area contributed by atoms with Crippen molar-refractivity contribution in [2.24, 2.45) is 0 Å². The maximum Gasteiger partial charge on any atom is 0.0697 e. The Balaban J connectivity index is 1.55. The van der Waals surface area contributed by atoms with E-state index in [-0.39, 0.29) is 5.60 Å². The van der Waals surface area contributed by atoms with E-state index in [1.54, 1.807) is 0 Å². The van der Waals surface area contributed by atoms with Gasteiger partial charge in [-0.3, -0.25) is 9.80 Å². The van der Waals surface area contributed by atoms with E-state index in [9.17, 15) is 0 Å². The third-order valence-electron chi connectivity index (χ3n) is 5.79. The number of rotatable bonds is 3. The van der Waals surface area contributed by atoms with Crippen molar-refractivity contribution in [2.75, 3.05) is 45.9 Å². The Bertz CT molecular complexity index is 312. The highest BCUT2D eigenvalue weighted by Gasteiger charge is 2.40. The summed E-state index contributed by atoms with van der Waals surface area (Å²) in [6, 6.07) is 0.728. The molecule has 1 aliphatic carbocycles. The summed E-state index contributed by atoms with van der Waals surface area (Å²) in [5.74, 6) is 0. The van der Waals surface area contributed by atoms with Gasteiger partial charge in [0, 0.05) is 32.3 Å². The van der Waals surface area contributed by atoms with Crippen LogP contribution in [-0.4, -0.2) is 72.5 Å². The van der Waals surface area contributed by atoms with Crippen LogP contribution in [0.15, 0.2) is 0 Å². The fraction of sp³-hybridized carbons (Fsp3) is 1.00. The molecule has 1 saturated carbocycles. The summed E-state index contributed by atoms with van der Waals surface area (Å²) in [6.45, 7) is 6.74. The molecule has 2 aliphatic heterocycles. The van der Waals surface area contributed by atoms with Gasteiger partial charge in [0.05, 0.1) is 12.2 Å². The van der Waals surface area contributed by atoms with E-state index in [1.165, 1.54) is 64.5 Å². The minimum atomic E-state index is 0.220. The molecule has 2 heterocycles. The second-order valence-electron chi connectivity index (χ2n) is 7.19. The van der Waals surface area contributed by atoms with E-state index >= 15 is 0 Å². The average molecular weight is 296 g/mol. The molecule has 3 fully saturated rings. The normalized spacial score (nSPS) is 32.1. The smallest absolute Gasteiger partial charge is 0.0697 e. The molecule has 1 atom stereocenters. The second-order valence-corrected chi connectivity index (χ2v) is 7.19. The molecule has 3 rings (SSSR count). The van der Waals surface area contributed by atoms with E-state index < -0.39 is 0 Å². The molecule has 0 aromatic heterocycles. The van der Waals surface area contributed by atoms with E-state index in [1.807, 2.05) is 0 Å². The molecule has 0 bridgehead atoms. The lowest BCUT2D eigenvalue weighted by molar-refractivity contribution is -0.123. The van der Waals surface area contributed by atoms with E-state index in [4.69, 9.17) is 9.84 Å². The fourth-order valence-electron chi connectivity index (χ4n) is 4.58. The van der Waals surface area contributed by atoms with Crippen LogP contribution < -0.4 is 0 Å². The summed E-state index contributed by atoms with van der Waals surface area (Å²) in [4.78, 5) is 5.13. The summed E-state index contributed by atoms with van der Waals surface area (Å²) in [7, 11) is 0. The summed E-state index contributed by atoms with van der Waals surface area (Å²) >= 11 is 0. The Morgan fingerprint density at radius 2 is 1.86 bits per heavy atom. The highest BCUT2D eigenvalue weighted by atomic mass is 16.5. The number of nitrogens with zero attached hydrogens (tertiary/aromatic N) is 2. The van der Waals surface area contributed by atoms with Gasteiger partial charge in [-0.15, -0.1) is 0 Å². The van der Waals surface area contributed by atoms with Crippen LogP contribution in [0.2, 0.25) is 0 Å².